The quantitative estimate of drug-likeness (QED) is 0.638. The fourth-order valence-electron chi connectivity index (χ4n) is 1.28. The van der Waals surface area contributed by atoms with Gasteiger partial charge in [0.1, 0.15) is 11.6 Å². The highest BCUT2D eigenvalue weighted by Crippen LogP contribution is 1.98. The molecule has 0 heterocycles. The van der Waals surface area contributed by atoms with Crippen molar-refractivity contribution in [2.75, 3.05) is 27.2 Å². The van der Waals surface area contributed by atoms with E-state index in [4.69, 9.17) is 0 Å². The van der Waals surface area contributed by atoms with Gasteiger partial charge in [0.2, 0.25) is 0 Å². The summed E-state index contributed by atoms with van der Waals surface area (Å²) in [6, 6.07) is -0.179. The highest BCUT2D eigenvalue weighted by Gasteiger charge is 2.16. The van der Waals surface area contributed by atoms with Crippen LogP contribution in [0.25, 0.3) is 0 Å². The zero-order valence-electron chi connectivity index (χ0n) is 10.2. The number of carbonyl (C=O) groups excluding carboxylic acids is 2. The summed E-state index contributed by atoms with van der Waals surface area (Å²) in [6.45, 7) is 4.50. The largest absolute Gasteiger partial charge is 0.309 e. The Labute approximate surface area is 92.0 Å². The molecule has 0 rings (SSSR count). The summed E-state index contributed by atoms with van der Waals surface area (Å²) in [4.78, 5) is 24.4. The van der Waals surface area contributed by atoms with E-state index in [9.17, 15) is 9.59 Å². The monoisotopic (exact) mass is 214 g/mol. The lowest BCUT2D eigenvalue weighted by atomic mass is 10.1. The summed E-state index contributed by atoms with van der Waals surface area (Å²) in [5.41, 5.74) is 0. The van der Waals surface area contributed by atoms with E-state index in [1.165, 1.54) is 6.92 Å². The minimum Gasteiger partial charge on any atom is -0.309 e. The molecule has 0 bridgehead atoms. The maximum atomic E-state index is 11.5. The lowest BCUT2D eigenvalue weighted by Gasteiger charge is -2.18. The molecule has 0 fully saturated rings. The number of nitrogens with zero attached hydrogens (tertiary/aromatic N) is 1. The average molecular weight is 214 g/mol. The van der Waals surface area contributed by atoms with E-state index < -0.39 is 0 Å². The van der Waals surface area contributed by atoms with Gasteiger partial charge in [-0.25, -0.2) is 0 Å². The molecule has 1 unspecified atom stereocenters. The highest BCUT2D eigenvalue weighted by atomic mass is 16.1. The predicted molar refractivity (Wildman–Crippen MR) is 60.9 cm³/mol. The number of Topliss-reactive ketones (excluding diaryl/α,β-unsaturated/α-hetero) is 2. The standard InChI is InChI=1S/C11H22N2O2/c1-5-11(15)10(6-7-13(3)4)12-8-9(2)14/h10,12H,5-8H2,1-4H3. The lowest BCUT2D eigenvalue weighted by molar-refractivity contribution is -0.121. The Morgan fingerprint density at radius 1 is 1.33 bits per heavy atom. The van der Waals surface area contributed by atoms with Crippen molar-refractivity contribution in [3.63, 3.8) is 0 Å². The predicted octanol–water partition coefficient (Wildman–Crippen LogP) is 0.464. The molecule has 88 valence electrons. The summed E-state index contributed by atoms with van der Waals surface area (Å²) in [5.74, 6) is 0.242. The fraction of sp³-hybridized carbons (Fsp3) is 0.818. The first-order chi connectivity index (χ1) is 6.97. The molecule has 15 heavy (non-hydrogen) atoms. The molecular weight excluding hydrogens is 192 g/mol. The molecule has 0 aliphatic carbocycles. The number of carbonyl (C=O) groups is 2. The number of ketones is 2. The summed E-state index contributed by atoms with van der Waals surface area (Å²) in [5, 5.41) is 3.00. The molecule has 0 radical (unpaired) electrons. The first kappa shape index (κ1) is 14.3. The third-order valence-electron chi connectivity index (χ3n) is 2.20. The van der Waals surface area contributed by atoms with Crippen LogP contribution in [-0.2, 0) is 9.59 Å². The average Bonchev–Trinajstić information content (AvgIpc) is 2.16. The smallest absolute Gasteiger partial charge is 0.149 e. The van der Waals surface area contributed by atoms with Crippen molar-refractivity contribution in [2.24, 2.45) is 0 Å². The van der Waals surface area contributed by atoms with E-state index >= 15 is 0 Å². The summed E-state index contributed by atoms with van der Waals surface area (Å²) < 4.78 is 0. The first-order valence-corrected chi connectivity index (χ1v) is 5.37. The van der Waals surface area contributed by atoms with E-state index in [1.807, 2.05) is 25.9 Å². The molecule has 0 saturated heterocycles. The number of nitrogens with one attached hydrogen (secondary N) is 1. The van der Waals surface area contributed by atoms with Crippen LogP contribution in [0.15, 0.2) is 0 Å². The van der Waals surface area contributed by atoms with Gasteiger partial charge < -0.3 is 10.2 Å². The minimum atomic E-state index is -0.179. The fourth-order valence-corrected chi connectivity index (χ4v) is 1.28. The third kappa shape index (κ3) is 7.22. The number of hydrogen-bond acceptors (Lipinski definition) is 4. The summed E-state index contributed by atoms with van der Waals surface area (Å²) >= 11 is 0. The van der Waals surface area contributed by atoms with Crippen molar-refractivity contribution >= 4 is 11.6 Å². The zero-order valence-corrected chi connectivity index (χ0v) is 10.2. The topological polar surface area (TPSA) is 49.4 Å². The molecule has 0 aromatic carbocycles. The van der Waals surface area contributed by atoms with Gasteiger partial charge in [0, 0.05) is 6.42 Å². The molecule has 0 amide bonds. The van der Waals surface area contributed by atoms with Crippen LogP contribution in [0.2, 0.25) is 0 Å². The van der Waals surface area contributed by atoms with Crippen LogP contribution in [0.3, 0.4) is 0 Å². The maximum absolute atomic E-state index is 11.5. The van der Waals surface area contributed by atoms with Gasteiger partial charge in [-0.15, -0.1) is 0 Å². The third-order valence-corrected chi connectivity index (χ3v) is 2.20. The van der Waals surface area contributed by atoms with Crippen LogP contribution in [0, 0.1) is 0 Å². The molecule has 1 atom stereocenters. The number of hydrogen-bond donors (Lipinski definition) is 1. The molecule has 0 spiro atoms. The zero-order chi connectivity index (χ0) is 11.8. The van der Waals surface area contributed by atoms with Crippen molar-refractivity contribution in [1.29, 1.82) is 0 Å². The molecule has 4 heteroatoms. The van der Waals surface area contributed by atoms with Crippen molar-refractivity contribution in [2.45, 2.75) is 32.7 Å². The Bertz CT molecular complexity index is 215. The van der Waals surface area contributed by atoms with Crippen LogP contribution in [0.4, 0.5) is 0 Å². The van der Waals surface area contributed by atoms with Crippen molar-refractivity contribution in [1.82, 2.24) is 10.2 Å². The normalized spacial score (nSPS) is 12.9. The van der Waals surface area contributed by atoms with E-state index in [2.05, 4.69) is 5.32 Å². The van der Waals surface area contributed by atoms with Crippen LogP contribution < -0.4 is 5.32 Å². The van der Waals surface area contributed by atoms with Crippen LogP contribution in [0.5, 0.6) is 0 Å². The molecule has 0 aromatic rings. The van der Waals surface area contributed by atoms with Crippen LogP contribution >= 0.6 is 0 Å². The lowest BCUT2D eigenvalue weighted by Crippen LogP contribution is -2.40. The van der Waals surface area contributed by atoms with Gasteiger partial charge in [-0.2, -0.15) is 0 Å². The Balaban J connectivity index is 4.06. The van der Waals surface area contributed by atoms with Gasteiger partial charge in [0.25, 0.3) is 0 Å². The second-order valence-electron chi connectivity index (χ2n) is 4.05. The molecular formula is C11H22N2O2. The van der Waals surface area contributed by atoms with E-state index in [0.29, 0.717) is 6.42 Å². The van der Waals surface area contributed by atoms with Crippen LogP contribution in [0.1, 0.15) is 26.7 Å². The highest BCUT2D eigenvalue weighted by molar-refractivity contribution is 5.85. The summed E-state index contributed by atoms with van der Waals surface area (Å²) in [6.07, 6.45) is 1.27. The molecule has 0 saturated carbocycles. The van der Waals surface area contributed by atoms with Gasteiger partial charge in [-0.05, 0) is 34.0 Å². The SMILES string of the molecule is CCC(=O)C(CCN(C)C)NCC(C)=O. The van der Waals surface area contributed by atoms with Gasteiger partial charge in [-0.3, -0.25) is 9.59 Å². The van der Waals surface area contributed by atoms with Crippen LogP contribution in [-0.4, -0.2) is 49.7 Å². The Kier molecular flexibility index (Phi) is 7.17. The van der Waals surface area contributed by atoms with Gasteiger partial charge in [0.15, 0.2) is 0 Å². The molecule has 0 aliphatic heterocycles. The maximum Gasteiger partial charge on any atom is 0.149 e. The van der Waals surface area contributed by atoms with E-state index in [-0.39, 0.29) is 24.2 Å². The summed E-state index contributed by atoms with van der Waals surface area (Å²) in [7, 11) is 3.94. The van der Waals surface area contributed by atoms with Crippen molar-refractivity contribution in [3.05, 3.63) is 0 Å². The second kappa shape index (κ2) is 7.54. The van der Waals surface area contributed by atoms with Gasteiger partial charge in [0.05, 0.1) is 12.6 Å². The Hall–Kier alpha value is -0.740. The molecule has 0 aromatic heterocycles. The minimum absolute atomic E-state index is 0.0637. The van der Waals surface area contributed by atoms with E-state index in [1.54, 1.807) is 0 Å². The Morgan fingerprint density at radius 3 is 2.33 bits per heavy atom. The van der Waals surface area contributed by atoms with E-state index in [0.717, 1.165) is 13.0 Å². The van der Waals surface area contributed by atoms with Crippen molar-refractivity contribution < 1.29 is 9.59 Å². The van der Waals surface area contributed by atoms with Crippen molar-refractivity contribution in [3.8, 4) is 0 Å². The molecule has 1 N–H and O–H groups in total. The molecule has 4 nitrogen and oxygen atoms in total. The molecule has 0 aliphatic rings. The van der Waals surface area contributed by atoms with Gasteiger partial charge in [-0.1, -0.05) is 6.92 Å². The Morgan fingerprint density at radius 2 is 1.93 bits per heavy atom. The first-order valence-electron chi connectivity index (χ1n) is 5.37. The second-order valence-corrected chi connectivity index (χ2v) is 4.05. The van der Waals surface area contributed by atoms with Gasteiger partial charge >= 0.3 is 0 Å². The number of rotatable bonds is 8.